The molecule has 6 heteroatoms. The molecule has 0 spiro atoms. The first kappa shape index (κ1) is 16.4. The first-order chi connectivity index (χ1) is 11.5. The predicted octanol–water partition coefficient (Wildman–Crippen LogP) is 2.21. The van der Waals surface area contributed by atoms with Crippen molar-refractivity contribution < 1.29 is 9.47 Å². The quantitative estimate of drug-likeness (QED) is 0.836. The van der Waals surface area contributed by atoms with Crippen LogP contribution in [0.15, 0.2) is 29.3 Å². The zero-order valence-corrected chi connectivity index (χ0v) is 14.0. The summed E-state index contributed by atoms with van der Waals surface area (Å²) >= 11 is 0. The van der Waals surface area contributed by atoms with E-state index in [1.54, 1.807) is 13.8 Å². The maximum absolute atomic E-state index is 10.1. The van der Waals surface area contributed by atoms with Gasteiger partial charge in [-0.05, 0) is 26.3 Å². The van der Waals surface area contributed by atoms with Crippen LogP contribution >= 0.6 is 0 Å². The molecule has 1 aromatic carbocycles. The van der Waals surface area contributed by atoms with Gasteiger partial charge in [0.2, 0.25) is 0 Å². The predicted molar refractivity (Wildman–Crippen MR) is 87.6 cm³/mol. The van der Waals surface area contributed by atoms with Crippen molar-refractivity contribution >= 4 is 5.84 Å². The summed E-state index contributed by atoms with van der Waals surface area (Å²) in [6.45, 7) is 6.17. The van der Waals surface area contributed by atoms with Crippen molar-refractivity contribution in [3.63, 3.8) is 0 Å². The lowest BCUT2D eigenvalue weighted by molar-refractivity contribution is -0.255. The lowest BCUT2D eigenvalue weighted by Gasteiger charge is -2.31. The number of aryl methyl sites for hydroxylation is 1. The van der Waals surface area contributed by atoms with E-state index in [2.05, 4.69) is 17.1 Å². The van der Waals surface area contributed by atoms with Gasteiger partial charge in [-0.25, -0.2) is 4.99 Å². The molecule has 1 fully saturated rings. The summed E-state index contributed by atoms with van der Waals surface area (Å²) in [4.78, 5) is 4.31. The molecule has 3 atom stereocenters. The van der Waals surface area contributed by atoms with Crippen LogP contribution in [0.4, 0.5) is 0 Å². The zero-order chi connectivity index (χ0) is 17.6. The molecule has 0 bridgehead atoms. The van der Waals surface area contributed by atoms with Gasteiger partial charge in [0, 0.05) is 19.1 Å². The number of hydrogen-bond acceptors (Lipinski definition) is 6. The third-order valence-corrected chi connectivity index (χ3v) is 5.02. The standard InChI is InChI=1S/C18H20N4O2/c1-4-23-18(24-5-2)17(11-20)14(13-8-6-12(3)7-9-13)16(17,10-19)15(21)22-18/h6-9,14H,4-5H2,1-3H3,(H2,21,22)/t14-,16+,17+/m0/s1. The van der Waals surface area contributed by atoms with Gasteiger partial charge in [-0.2, -0.15) is 10.5 Å². The van der Waals surface area contributed by atoms with Gasteiger partial charge in [0.1, 0.15) is 11.3 Å². The minimum atomic E-state index is -1.54. The van der Waals surface area contributed by atoms with Crippen molar-refractivity contribution in [1.29, 1.82) is 10.5 Å². The molecule has 0 saturated heterocycles. The Morgan fingerprint density at radius 2 is 1.71 bits per heavy atom. The normalized spacial score (nSPS) is 32.4. The maximum Gasteiger partial charge on any atom is 0.293 e. The summed E-state index contributed by atoms with van der Waals surface area (Å²) in [5.74, 6) is -1.86. The largest absolute Gasteiger partial charge is 0.386 e. The average molecular weight is 324 g/mol. The van der Waals surface area contributed by atoms with E-state index in [1.807, 2.05) is 31.2 Å². The monoisotopic (exact) mass is 324 g/mol. The number of nitriles is 2. The van der Waals surface area contributed by atoms with Gasteiger partial charge in [0.15, 0.2) is 5.41 Å². The van der Waals surface area contributed by atoms with Crippen LogP contribution in [0.25, 0.3) is 0 Å². The number of aliphatic imine (C=N–C) groups is 1. The summed E-state index contributed by atoms with van der Waals surface area (Å²) in [6.07, 6.45) is 0. The number of amidine groups is 1. The van der Waals surface area contributed by atoms with Crippen molar-refractivity contribution in [3.05, 3.63) is 35.4 Å². The highest BCUT2D eigenvalue weighted by Crippen LogP contribution is 2.81. The van der Waals surface area contributed by atoms with E-state index in [1.165, 1.54) is 0 Å². The van der Waals surface area contributed by atoms with Gasteiger partial charge in [0.05, 0.1) is 12.1 Å². The van der Waals surface area contributed by atoms with Crippen LogP contribution in [0.3, 0.4) is 0 Å². The smallest absolute Gasteiger partial charge is 0.293 e. The fraction of sp³-hybridized carbons (Fsp3) is 0.500. The van der Waals surface area contributed by atoms with Crippen molar-refractivity contribution in [2.24, 2.45) is 21.6 Å². The lowest BCUT2D eigenvalue weighted by atomic mass is 9.93. The molecule has 1 aliphatic carbocycles. The molecule has 1 saturated carbocycles. The van der Waals surface area contributed by atoms with Crippen molar-refractivity contribution in [1.82, 2.24) is 0 Å². The van der Waals surface area contributed by atoms with Gasteiger partial charge in [0.25, 0.3) is 5.91 Å². The summed E-state index contributed by atoms with van der Waals surface area (Å²) in [5.41, 5.74) is 5.60. The zero-order valence-electron chi connectivity index (χ0n) is 14.0. The summed E-state index contributed by atoms with van der Waals surface area (Å²) in [7, 11) is 0. The molecule has 3 rings (SSSR count). The van der Waals surface area contributed by atoms with Crippen molar-refractivity contribution in [3.8, 4) is 12.1 Å². The first-order valence-electron chi connectivity index (χ1n) is 8.02. The number of hydrogen-bond donors (Lipinski definition) is 1. The van der Waals surface area contributed by atoms with E-state index in [4.69, 9.17) is 15.2 Å². The van der Waals surface area contributed by atoms with Crippen LogP contribution in [0.2, 0.25) is 0 Å². The molecule has 6 nitrogen and oxygen atoms in total. The average Bonchev–Trinajstić information content (AvgIpc) is 3.15. The van der Waals surface area contributed by atoms with E-state index in [9.17, 15) is 10.5 Å². The summed E-state index contributed by atoms with van der Waals surface area (Å²) < 4.78 is 11.6. The van der Waals surface area contributed by atoms with Crippen molar-refractivity contribution in [2.45, 2.75) is 32.6 Å². The Kier molecular flexibility index (Phi) is 3.64. The van der Waals surface area contributed by atoms with E-state index >= 15 is 0 Å². The van der Waals surface area contributed by atoms with Crippen LogP contribution in [0.1, 0.15) is 30.9 Å². The Morgan fingerprint density at radius 3 is 2.17 bits per heavy atom. The third-order valence-electron chi connectivity index (χ3n) is 5.02. The lowest BCUT2D eigenvalue weighted by Crippen LogP contribution is -2.43. The molecule has 124 valence electrons. The number of nitrogens with zero attached hydrogens (tertiary/aromatic N) is 3. The number of rotatable bonds is 5. The maximum atomic E-state index is 10.1. The highest BCUT2D eigenvalue weighted by Gasteiger charge is 2.93. The van der Waals surface area contributed by atoms with E-state index < -0.39 is 22.7 Å². The molecule has 2 aliphatic rings. The van der Waals surface area contributed by atoms with Crippen LogP contribution < -0.4 is 5.73 Å². The van der Waals surface area contributed by atoms with E-state index in [0.29, 0.717) is 13.2 Å². The Hall–Kier alpha value is -2.41. The Bertz CT molecular complexity index is 768. The molecule has 0 aromatic heterocycles. The van der Waals surface area contributed by atoms with Gasteiger partial charge >= 0.3 is 0 Å². The SMILES string of the molecule is CCOC1(OCC)N=C(N)[C@@]2(C#N)[C@H](c3ccc(C)cc3)[C@@]12C#N. The minimum Gasteiger partial charge on any atom is -0.386 e. The van der Waals surface area contributed by atoms with Gasteiger partial charge in [-0.1, -0.05) is 29.8 Å². The highest BCUT2D eigenvalue weighted by molar-refractivity contribution is 6.00. The molecule has 24 heavy (non-hydrogen) atoms. The summed E-state index contributed by atoms with van der Waals surface area (Å²) in [6, 6.07) is 12.3. The fourth-order valence-electron chi connectivity index (χ4n) is 4.01. The van der Waals surface area contributed by atoms with Gasteiger partial charge in [-0.15, -0.1) is 0 Å². The Balaban J connectivity index is 2.21. The molecule has 0 radical (unpaired) electrons. The van der Waals surface area contributed by atoms with E-state index in [-0.39, 0.29) is 5.84 Å². The molecule has 1 aliphatic heterocycles. The van der Waals surface area contributed by atoms with Crippen LogP contribution in [0, 0.1) is 40.4 Å². The Labute approximate surface area is 141 Å². The van der Waals surface area contributed by atoms with Crippen molar-refractivity contribution in [2.75, 3.05) is 13.2 Å². The molecular weight excluding hydrogens is 304 g/mol. The molecule has 1 heterocycles. The number of benzene rings is 1. The van der Waals surface area contributed by atoms with Crippen LogP contribution in [-0.4, -0.2) is 25.0 Å². The Morgan fingerprint density at radius 1 is 1.12 bits per heavy atom. The van der Waals surface area contributed by atoms with Crippen LogP contribution in [-0.2, 0) is 9.47 Å². The fourth-order valence-corrected chi connectivity index (χ4v) is 4.01. The second kappa shape index (κ2) is 5.31. The molecule has 2 N–H and O–H groups in total. The number of nitrogens with two attached hydrogens (primary N) is 1. The van der Waals surface area contributed by atoms with Crippen LogP contribution in [0.5, 0.6) is 0 Å². The minimum absolute atomic E-state index is 0.110. The second-order valence-electron chi connectivity index (χ2n) is 6.13. The molecule has 1 aromatic rings. The molecule has 0 unspecified atom stereocenters. The number of ether oxygens (including phenoxy) is 2. The molecule has 0 amide bonds. The van der Waals surface area contributed by atoms with Gasteiger partial charge in [-0.3, -0.25) is 0 Å². The topological polar surface area (TPSA) is 104 Å². The van der Waals surface area contributed by atoms with Gasteiger partial charge < -0.3 is 15.2 Å². The first-order valence-corrected chi connectivity index (χ1v) is 8.02. The third kappa shape index (κ3) is 1.62. The summed E-state index contributed by atoms with van der Waals surface area (Å²) in [5, 5.41) is 20.0. The second-order valence-corrected chi connectivity index (χ2v) is 6.13. The molecular formula is C18H20N4O2. The highest BCUT2D eigenvalue weighted by atomic mass is 16.7. The van der Waals surface area contributed by atoms with E-state index in [0.717, 1.165) is 11.1 Å². The number of fused-ring (bicyclic) bond motifs is 1.